The summed E-state index contributed by atoms with van der Waals surface area (Å²) in [5.41, 5.74) is 2.44. The molecule has 0 atom stereocenters. The van der Waals surface area contributed by atoms with Gasteiger partial charge in [-0.1, -0.05) is 19.4 Å². The van der Waals surface area contributed by atoms with Crippen molar-refractivity contribution in [2.75, 3.05) is 7.11 Å². The second kappa shape index (κ2) is 3.74. The Kier molecular flexibility index (Phi) is 2.44. The molecule has 0 fully saturated rings. The molecular formula is C12H15NO. The van der Waals surface area contributed by atoms with E-state index in [4.69, 9.17) is 4.74 Å². The number of aromatic amines is 1. The highest BCUT2D eigenvalue weighted by Gasteiger charge is 2.04. The van der Waals surface area contributed by atoms with Crippen LogP contribution >= 0.6 is 0 Å². The summed E-state index contributed by atoms with van der Waals surface area (Å²) in [7, 11) is 1.71. The number of nitrogens with one attached hydrogen (secondary N) is 1. The summed E-state index contributed by atoms with van der Waals surface area (Å²) in [6.07, 6.45) is 2.26. The molecule has 14 heavy (non-hydrogen) atoms. The van der Waals surface area contributed by atoms with Gasteiger partial charge >= 0.3 is 0 Å². The molecule has 0 aliphatic carbocycles. The monoisotopic (exact) mass is 189 g/mol. The van der Waals surface area contributed by atoms with E-state index in [2.05, 4.69) is 24.0 Å². The van der Waals surface area contributed by atoms with Crippen LogP contribution in [0.2, 0.25) is 0 Å². The number of benzene rings is 1. The quantitative estimate of drug-likeness (QED) is 0.788. The predicted octanol–water partition coefficient (Wildman–Crippen LogP) is 3.13. The zero-order valence-electron chi connectivity index (χ0n) is 8.63. The van der Waals surface area contributed by atoms with Gasteiger partial charge < -0.3 is 9.72 Å². The number of methoxy groups -OCH3 is 1. The Morgan fingerprint density at radius 1 is 1.36 bits per heavy atom. The highest BCUT2D eigenvalue weighted by molar-refractivity contribution is 5.86. The summed E-state index contributed by atoms with van der Waals surface area (Å²) in [6, 6.07) is 8.26. The van der Waals surface area contributed by atoms with Gasteiger partial charge in [-0.3, -0.25) is 0 Å². The Hall–Kier alpha value is -1.44. The van der Waals surface area contributed by atoms with Crippen molar-refractivity contribution >= 4 is 10.9 Å². The van der Waals surface area contributed by atoms with Crippen molar-refractivity contribution in [3.63, 3.8) is 0 Å². The number of aromatic nitrogens is 1. The van der Waals surface area contributed by atoms with E-state index >= 15 is 0 Å². The van der Waals surface area contributed by atoms with Crippen molar-refractivity contribution < 1.29 is 4.74 Å². The molecule has 0 saturated carbocycles. The molecule has 1 aromatic heterocycles. The predicted molar refractivity (Wildman–Crippen MR) is 58.8 cm³/mol. The van der Waals surface area contributed by atoms with E-state index in [1.807, 2.05) is 12.1 Å². The third-order valence-corrected chi connectivity index (χ3v) is 2.42. The second-order valence-electron chi connectivity index (χ2n) is 3.47. The fraction of sp³-hybridized carbons (Fsp3) is 0.333. The summed E-state index contributed by atoms with van der Waals surface area (Å²) in [5.74, 6) is 0.945. The highest BCUT2D eigenvalue weighted by Crippen LogP contribution is 2.26. The Morgan fingerprint density at radius 2 is 2.21 bits per heavy atom. The SMILES string of the molecule is CCCc1cc2c(OC)cccc2[nH]1. The molecule has 0 amide bonds. The molecule has 0 saturated heterocycles. The average Bonchev–Trinajstić information content (AvgIpc) is 2.60. The molecule has 1 aromatic carbocycles. The van der Waals surface area contributed by atoms with Gasteiger partial charge in [0.1, 0.15) is 5.75 Å². The molecule has 2 nitrogen and oxygen atoms in total. The minimum absolute atomic E-state index is 0.945. The summed E-state index contributed by atoms with van der Waals surface area (Å²) in [4.78, 5) is 3.39. The smallest absolute Gasteiger partial charge is 0.128 e. The van der Waals surface area contributed by atoms with Crippen molar-refractivity contribution in [2.45, 2.75) is 19.8 Å². The largest absolute Gasteiger partial charge is 0.496 e. The van der Waals surface area contributed by atoms with Crippen LogP contribution in [-0.4, -0.2) is 12.1 Å². The lowest BCUT2D eigenvalue weighted by Gasteiger charge is -1.99. The minimum atomic E-state index is 0.945. The van der Waals surface area contributed by atoms with E-state index in [0.717, 1.165) is 24.1 Å². The number of hydrogen-bond acceptors (Lipinski definition) is 1. The zero-order chi connectivity index (χ0) is 9.97. The van der Waals surface area contributed by atoms with Crippen LogP contribution < -0.4 is 4.74 Å². The molecule has 2 heteroatoms. The third kappa shape index (κ3) is 1.48. The first-order chi connectivity index (χ1) is 6.85. The van der Waals surface area contributed by atoms with E-state index < -0.39 is 0 Å². The van der Waals surface area contributed by atoms with Crippen LogP contribution in [0.4, 0.5) is 0 Å². The lowest BCUT2D eigenvalue weighted by atomic mass is 10.2. The van der Waals surface area contributed by atoms with E-state index in [-0.39, 0.29) is 0 Å². The Morgan fingerprint density at radius 3 is 2.93 bits per heavy atom. The van der Waals surface area contributed by atoms with Gasteiger partial charge in [-0.15, -0.1) is 0 Å². The highest BCUT2D eigenvalue weighted by atomic mass is 16.5. The van der Waals surface area contributed by atoms with Gasteiger partial charge in [0.05, 0.1) is 7.11 Å². The minimum Gasteiger partial charge on any atom is -0.496 e. The first-order valence-electron chi connectivity index (χ1n) is 4.99. The van der Waals surface area contributed by atoms with Crippen molar-refractivity contribution in [3.05, 3.63) is 30.0 Å². The molecule has 74 valence electrons. The van der Waals surface area contributed by atoms with Gasteiger partial charge in [0.15, 0.2) is 0 Å². The molecule has 2 aromatic rings. The maximum atomic E-state index is 5.30. The fourth-order valence-corrected chi connectivity index (χ4v) is 1.77. The number of aryl methyl sites for hydroxylation is 1. The van der Waals surface area contributed by atoms with Crippen LogP contribution in [0.25, 0.3) is 10.9 Å². The second-order valence-corrected chi connectivity index (χ2v) is 3.47. The van der Waals surface area contributed by atoms with Crippen LogP contribution in [0.15, 0.2) is 24.3 Å². The molecular weight excluding hydrogens is 174 g/mol. The first-order valence-corrected chi connectivity index (χ1v) is 4.99. The van der Waals surface area contributed by atoms with E-state index in [1.54, 1.807) is 7.11 Å². The van der Waals surface area contributed by atoms with E-state index in [0.29, 0.717) is 0 Å². The van der Waals surface area contributed by atoms with Crippen molar-refractivity contribution in [2.24, 2.45) is 0 Å². The van der Waals surface area contributed by atoms with E-state index in [1.165, 1.54) is 11.1 Å². The third-order valence-electron chi connectivity index (χ3n) is 2.42. The number of H-pyrrole nitrogens is 1. The van der Waals surface area contributed by atoms with Gasteiger partial charge in [0.2, 0.25) is 0 Å². The topological polar surface area (TPSA) is 25.0 Å². The Bertz CT molecular complexity index is 431. The molecule has 0 unspecified atom stereocenters. The molecule has 0 aliphatic rings. The summed E-state index contributed by atoms with van der Waals surface area (Å²) >= 11 is 0. The molecule has 2 rings (SSSR count). The Labute approximate surface area is 83.9 Å². The summed E-state index contributed by atoms with van der Waals surface area (Å²) in [5, 5.41) is 1.18. The number of ether oxygens (including phenoxy) is 1. The van der Waals surface area contributed by atoms with Crippen LogP contribution in [0.1, 0.15) is 19.0 Å². The molecule has 1 N–H and O–H groups in total. The van der Waals surface area contributed by atoms with Gasteiger partial charge in [-0.2, -0.15) is 0 Å². The van der Waals surface area contributed by atoms with Crippen LogP contribution in [-0.2, 0) is 6.42 Å². The lowest BCUT2D eigenvalue weighted by Crippen LogP contribution is -1.81. The van der Waals surface area contributed by atoms with Crippen LogP contribution in [0.5, 0.6) is 5.75 Å². The van der Waals surface area contributed by atoms with Gasteiger partial charge in [0.25, 0.3) is 0 Å². The van der Waals surface area contributed by atoms with Crippen molar-refractivity contribution in [1.29, 1.82) is 0 Å². The van der Waals surface area contributed by atoms with Gasteiger partial charge in [0, 0.05) is 16.6 Å². The van der Waals surface area contributed by atoms with Crippen LogP contribution in [0.3, 0.4) is 0 Å². The average molecular weight is 189 g/mol. The first kappa shape index (κ1) is 9.13. The van der Waals surface area contributed by atoms with Crippen LogP contribution in [0, 0.1) is 0 Å². The molecule has 1 heterocycles. The fourth-order valence-electron chi connectivity index (χ4n) is 1.77. The van der Waals surface area contributed by atoms with Gasteiger partial charge in [-0.25, -0.2) is 0 Å². The summed E-state index contributed by atoms with van der Waals surface area (Å²) in [6.45, 7) is 2.18. The van der Waals surface area contributed by atoms with Crippen molar-refractivity contribution in [1.82, 2.24) is 4.98 Å². The molecule has 0 bridgehead atoms. The molecule has 0 radical (unpaired) electrons. The standard InChI is InChI=1S/C12H15NO/c1-3-5-9-8-10-11(13-9)6-4-7-12(10)14-2/h4,6-8,13H,3,5H2,1-2H3. The Balaban J connectivity index is 2.52. The van der Waals surface area contributed by atoms with Gasteiger partial charge in [-0.05, 0) is 24.6 Å². The summed E-state index contributed by atoms with van der Waals surface area (Å²) < 4.78 is 5.30. The molecule has 0 spiro atoms. The number of rotatable bonds is 3. The maximum absolute atomic E-state index is 5.30. The van der Waals surface area contributed by atoms with E-state index in [9.17, 15) is 0 Å². The van der Waals surface area contributed by atoms with Crippen molar-refractivity contribution in [3.8, 4) is 5.75 Å². The maximum Gasteiger partial charge on any atom is 0.128 e. The zero-order valence-corrected chi connectivity index (χ0v) is 8.63. The molecule has 0 aliphatic heterocycles. The normalized spacial score (nSPS) is 10.7. The lowest BCUT2D eigenvalue weighted by molar-refractivity contribution is 0.420. The number of hydrogen-bond donors (Lipinski definition) is 1. The number of fused-ring (bicyclic) bond motifs is 1.